The van der Waals surface area contributed by atoms with Gasteiger partial charge in [-0.25, -0.2) is 4.98 Å². The molecular formula is C21H21BrN2O3S2. The van der Waals surface area contributed by atoms with Crippen LogP contribution < -0.4 is 5.56 Å². The molecule has 29 heavy (non-hydrogen) atoms. The molecule has 2 aromatic heterocycles. The van der Waals surface area contributed by atoms with Crippen molar-refractivity contribution in [2.45, 2.75) is 50.8 Å². The number of rotatable bonds is 5. The number of thioether (sulfide) groups is 1. The molecule has 4 rings (SSSR count). The minimum atomic E-state index is -0.313. The fourth-order valence-electron chi connectivity index (χ4n) is 3.52. The zero-order valence-corrected chi connectivity index (χ0v) is 19.5. The second-order valence-corrected chi connectivity index (χ2v) is 10.2. The highest BCUT2D eigenvalue weighted by molar-refractivity contribution is 9.10. The predicted molar refractivity (Wildman–Crippen MR) is 122 cm³/mol. The van der Waals surface area contributed by atoms with Gasteiger partial charge in [0.2, 0.25) is 0 Å². The van der Waals surface area contributed by atoms with Gasteiger partial charge in [0.1, 0.15) is 4.83 Å². The number of aromatic nitrogens is 2. The molecule has 0 spiro atoms. The third-order valence-corrected chi connectivity index (χ3v) is 7.36. The number of hydrogen-bond donors (Lipinski definition) is 0. The number of fused-ring (bicyclic) bond motifs is 3. The molecule has 0 saturated carbocycles. The summed E-state index contributed by atoms with van der Waals surface area (Å²) in [4.78, 5) is 32.5. The second-order valence-electron chi connectivity index (χ2n) is 7.23. The molecule has 152 valence electrons. The molecule has 0 unspecified atom stereocenters. The van der Waals surface area contributed by atoms with Crippen LogP contribution in [0.2, 0.25) is 0 Å². The van der Waals surface area contributed by atoms with Crippen molar-refractivity contribution in [2.75, 3.05) is 5.75 Å². The van der Waals surface area contributed by atoms with Crippen LogP contribution in [0.5, 0.6) is 0 Å². The van der Waals surface area contributed by atoms with E-state index in [-0.39, 0.29) is 23.4 Å². The van der Waals surface area contributed by atoms with E-state index in [0.717, 1.165) is 51.6 Å². The molecule has 0 bridgehead atoms. The summed E-state index contributed by atoms with van der Waals surface area (Å²) in [5.74, 6) is -0.204. The van der Waals surface area contributed by atoms with Gasteiger partial charge in [-0.3, -0.25) is 14.2 Å². The van der Waals surface area contributed by atoms with E-state index in [9.17, 15) is 9.59 Å². The number of esters is 1. The van der Waals surface area contributed by atoms with E-state index in [1.165, 1.54) is 16.6 Å². The lowest BCUT2D eigenvalue weighted by Gasteiger charge is -2.14. The first-order valence-electron chi connectivity index (χ1n) is 9.59. The molecule has 8 heteroatoms. The van der Waals surface area contributed by atoms with Gasteiger partial charge in [-0.1, -0.05) is 27.7 Å². The quantitative estimate of drug-likeness (QED) is 0.280. The van der Waals surface area contributed by atoms with Gasteiger partial charge in [0.15, 0.2) is 5.16 Å². The highest BCUT2D eigenvalue weighted by Crippen LogP contribution is 2.35. The van der Waals surface area contributed by atoms with E-state index >= 15 is 0 Å². The minimum Gasteiger partial charge on any atom is -0.462 e. The van der Waals surface area contributed by atoms with Gasteiger partial charge in [0, 0.05) is 9.35 Å². The largest absolute Gasteiger partial charge is 0.462 e. The molecule has 1 aliphatic carbocycles. The molecule has 1 aromatic carbocycles. The SMILES string of the molecule is CC(C)OC(=O)CSc1nc2sc3c(c2c(=O)n1-c1ccc(Br)cc1)CCCC3. The molecule has 5 nitrogen and oxygen atoms in total. The van der Waals surface area contributed by atoms with Crippen molar-refractivity contribution in [3.05, 3.63) is 49.5 Å². The Kier molecular flexibility index (Phi) is 6.13. The van der Waals surface area contributed by atoms with Gasteiger partial charge in [0.25, 0.3) is 5.56 Å². The van der Waals surface area contributed by atoms with Crippen LogP contribution in [0.3, 0.4) is 0 Å². The molecule has 0 fully saturated rings. The van der Waals surface area contributed by atoms with Crippen LogP contribution in [-0.2, 0) is 22.4 Å². The molecule has 0 saturated heterocycles. The van der Waals surface area contributed by atoms with Gasteiger partial charge in [-0.15, -0.1) is 11.3 Å². The number of benzene rings is 1. The van der Waals surface area contributed by atoms with Crippen molar-refractivity contribution in [3.63, 3.8) is 0 Å². The fourth-order valence-corrected chi connectivity index (χ4v) is 5.88. The van der Waals surface area contributed by atoms with Crippen LogP contribution >= 0.6 is 39.0 Å². The number of thiophene rings is 1. The highest BCUT2D eigenvalue weighted by atomic mass is 79.9. The van der Waals surface area contributed by atoms with Gasteiger partial charge in [-0.2, -0.15) is 0 Å². The van der Waals surface area contributed by atoms with E-state index in [2.05, 4.69) is 15.9 Å². The molecule has 1 aliphatic rings. The average molecular weight is 493 g/mol. The lowest BCUT2D eigenvalue weighted by atomic mass is 9.97. The fraction of sp³-hybridized carbons (Fsp3) is 0.381. The Labute approximate surface area is 185 Å². The summed E-state index contributed by atoms with van der Waals surface area (Å²) in [6, 6.07) is 7.57. The molecule has 0 aliphatic heterocycles. The number of halogens is 1. The minimum absolute atomic E-state index is 0.0588. The number of nitrogens with zero attached hydrogens (tertiary/aromatic N) is 2. The number of aryl methyl sites for hydroxylation is 2. The lowest BCUT2D eigenvalue weighted by molar-refractivity contribution is -0.144. The van der Waals surface area contributed by atoms with Crippen LogP contribution in [0.4, 0.5) is 0 Å². The predicted octanol–water partition coefficient (Wildman–Crippen LogP) is 5.13. The Morgan fingerprint density at radius 2 is 2.00 bits per heavy atom. The summed E-state index contributed by atoms with van der Waals surface area (Å²) in [5.41, 5.74) is 1.84. The number of carbonyl (C=O) groups is 1. The Balaban J connectivity index is 1.83. The maximum Gasteiger partial charge on any atom is 0.316 e. The Bertz CT molecular complexity index is 1120. The summed E-state index contributed by atoms with van der Waals surface area (Å²) >= 11 is 6.30. The van der Waals surface area contributed by atoms with Crippen molar-refractivity contribution in [1.82, 2.24) is 9.55 Å². The molecule has 3 aromatic rings. The Morgan fingerprint density at radius 1 is 1.28 bits per heavy atom. The average Bonchev–Trinajstić information content (AvgIpc) is 3.05. The molecule has 2 heterocycles. The smallest absolute Gasteiger partial charge is 0.316 e. The van der Waals surface area contributed by atoms with Gasteiger partial charge in [-0.05, 0) is 69.4 Å². The summed E-state index contributed by atoms with van der Waals surface area (Å²) < 4.78 is 7.80. The van der Waals surface area contributed by atoms with Crippen LogP contribution in [0.1, 0.15) is 37.1 Å². The molecule has 0 amide bonds. The van der Waals surface area contributed by atoms with Gasteiger partial charge < -0.3 is 4.74 Å². The second kappa shape index (κ2) is 8.62. The van der Waals surface area contributed by atoms with E-state index in [1.54, 1.807) is 15.9 Å². The van der Waals surface area contributed by atoms with E-state index in [4.69, 9.17) is 9.72 Å². The maximum atomic E-state index is 13.6. The monoisotopic (exact) mass is 492 g/mol. The first-order valence-corrected chi connectivity index (χ1v) is 12.2. The van der Waals surface area contributed by atoms with E-state index in [0.29, 0.717) is 5.16 Å². The first kappa shape index (κ1) is 20.6. The normalized spacial score (nSPS) is 13.7. The standard InChI is InChI=1S/C21H21BrN2O3S2/c1-12(2)27-17(25)11-28-21-23-19-18(15-5-3-4-6-16(15)29-19)20(26)24(21)14-9-7-13(22)8-10-14/h7-10,12H,3-6,11H2,1-2H3. The van der Waals surface area contributed by atoms with Crippen LogP contribution in [0.15, 0.2) is 38.7 Å². The van der Waals surface area contributed by atoms with Crippen molar-refractivity contribution in [3.8, 4) is 5.69 Å². The Hall–Kier alpha value is -1.64. The zero-order valence-electron chi connectivity index (χ0n) is 16.2. The maximum absolute atomic E-state index is 13.6. The molecule has 0 atom stereocenters. The summed E-state index contributed by atoms with van der Waals surface area (Å²) in [6.45, 7) is 3.64. The number of carbonyl (C=O) groups excluding carboxylic acids is 1. The Morgan fingerprint density at radius 3 is 2.72 bits per heavy atom. The number of hydrogen-bond acceptors (Lipinski definition) is 6. The van der Waals surface area contributed by atoms with Gasteiger partial charge >= 0.3 is 5.97 Å². The zero-order chi connectivity index (χ0) is 20.5. The molecule has 0 N–H and O–H groups in total. The van der Waals surface area contributed by atoms with Crippen molar-refractivity contribution in [2.24, 2.45) is 0 Å². The van der Waals surface area contributed by atoms with Gasteiger partial charge in [0.05, 0.1) is 22.9 Å². The molecule has 0 radical (unpaired) electrons. The summed E-state index contributed by atoms with van der Waals surface area (Å²) in [7, 11) is 0. The van der Waals surface area contributed by atoms with Crippen molar-refractivity contribution >= 4 is 55.2 Å². The van der Waals surface area contributed by atoms with Crippen LogP contribution in [0, 0.1) is 0 Å². The molecular weight excluding hydrogens is 472 g/mol. The van der Waals surface area contributed by atoms with Crippen LogP contribution in [-0.4, -0.2) is 27.4 Å². The third-order valence-electron chi connectivity index (χ3n) is 4.73. The first-order chi connectivity index (χ1) is 13.9. The summed E-state index contributed by atoms with van der Waals surface area (Å²) in [5, 5.41) is 1.26. The van der Waals surface area contributed by atoms with E-state index < -0.39 is 0 Å². The highest BCUT2D eigenvalue weighted by Gasteiger charge is 2.23. The van der Waals surface area contributed by atoms with E-state index in [1.807, 2.05) is 38.1 Å². The van der Waals surface area contributed by atoms with Crippen molar-refractivity contribution in [1.29, 1.82) is 0 Å². The lowest BCUT2D eigenvalue weighted by Crippen LogP contribution is -2.23. The van der Waals surface area contributed by atoms with Crippen molar-refractivity contribution < 1.29 is 9.53 Å². The topological polar surface area (TPSA) is 61.2 Å². The third kappa shape index (κ3) is 4.29. The van der Waals surface area contributed by atoms with Crippen LogP contribution in [0.25, 0.3) is 15.9 Å². The summed E-state index contributed by atoms with van der Waals surface area (Å²) in [6.07, 6.45) is 4.03. The number of ether oxygens (including phenoxy) is 1.